The van der Waals surface area contributed by atoms with Crippen molar-refractivity contribution in [1.82, 2.24) is 4.90 Å². The molecule has 4 rings (SSSR count). The molecule has 3 heterocycles. The van der Waals surface area contributed by atoms with E-state index in [1.165, 1.54) is 0 Å². The molecule has 3 aliphatic rings. The van der Waals surface area contributed by atoms with Gasteiger partial charge in [-0.05, 0) is 43.0 Å². The topological polar surface area (TPSA) is 84.0 Å². The molecule has 27 heavy (non-hydrogen) atoms. The molecule has 2 amide bonds. The summed E-state index contributed by atoms with van der Waals surface area (Å²) in [6, 6.07) is 5.44. The summed E-state index contributed by atoms with van der Waals surface area (Å²) >= 11 is 0. The second-order valence-corrected chi connectivity index (χ2v) is 9.82. The fraction of sp³-hybridized carbons (Fsp3) is 0.579. The molecule has 1 aromatic carbocycles. The molecular weight excluding hydrogens is 368 g/mol. The standard InChI is InChI=1S/C19H24N2O5S/c1-26-16-4-5-17-13(9-16)3-2-7-20(17)19(23)14-10-18(22)21(11-14)15-6-8-27(24,25)12-15/h4-5,9,14-15H,2-3,6-8,10-12H2,1H3/t14-,15-/m1/s1. The van der Waals surface area contributed by atoms with Gasteiger partial charge in [0.05, 0.1) is 24.5 Å². The van der Waals surface area contributed by atoms with Crippen molar-refractivity contribution in [1.29, 1.82) is 0 Å². The fourth-order valence-corrected chi connectivity index (χ4v) is 6.15. The first-order valence-electron chi connectivity index (χ1n) is 9.36. The smallest absolute Gasteiger partial charge is 0.232 e. The van der Waals surface area contributed by atoms with Crippen LogP contribution in [0.1, 0.15) is 24.8 Å². The Labute approximate surface area is 159 Å². The van der Waals surface area contributed by atoms with Crippen molar-refractivity contribution in [3.8, 4) is 5.75 Å². The second-order valence-electron chi connectivity index (χ2n) is 7.59. The van der Waals surface area contributed by atoms with Crippen LogP contribution in [0.4, 0.5) is 5.69 Å². The second kappa shape index (κ2) is 6.82. The van der Waals surface area contributed by atoms with E-state index in [2.05, 4.69) is 0 Å². The largest absolute Gasteiger partial charge is 0.497 e. The fourth-order valence-electron chi connectivity index (χ4n) is 4.42. The lowest BCUT2D eigenvalue weighted by molar-refractivity contribution is -0.129. The molecule has 146 valence electrons. The number of carbonyl (C=O) groups is 2. The Balaban J connectivity index is 1.51. The van der Waals surface area contributed by atoms with Gasteiger partial charge < -0.3 is 14.5 Å². The van der Waals surface area contributed by atoms with Crippen LogP contribution in [0.3, 0.4) is 0 Å². The van der Waals surface area contributed by atoms with E-state index in [1.54, 1.807) is 16.9 Å². The number of nitrogens with zero attached hydrogens (tertiary/aromatic N) is 2. The zero-order valence-electron chi connectivity index (χ0n) is 15.4. The monoisotopic (exact) mass is 392 g/mol. The molecule has 0 N–H and O–H groups in total. The summed E-state index contributed by atoms with van der Waals surface area (Å²) in [5, 5.41) is 0. The van der Waals surface area contributed by atoms with E-state index in [4.69, 9.17) is 4.74 Å². The first-order chi connectivity index (χ1) is 12.9. The Morgan fingerprint density at radius 2 is 2.11 bits per heavy atom. The van der Waals surface area contributed by atoms with Gasteiger partial charge in [-0.2, -0.15) is 0 Å². The zero-order valence-corrected chi connectivity index (χ0v) is 16.2. The van der Waals surface area contributed by atoms with E-state index in [0.717, 1.165) is 29.8 Å². The number of hydrogen-bond donors (Lipinski definition) is 0. The van der Waals surface area contributed by atoms with Crippen molar-refractivity contribution in [3.63, 3.8) is 0 Å². The van der Waals surface area contributed by atoms with Crippen LogP contribution in [0, 0.1) is 5.92 Å². The van der Waals surface area contributed by atoms with Gasteiger partial charge in [0.15, 0.2) is 9.84 Å². The molecule has 0 saturated carbocycles. The number of methoxy groups -OCH3 is 1. The Kier molecular flexibility index (Phi) is 4.61. The van der Waals surface area contributed by atoms with E-state index >= 15 is 0 Å². The van der Waals surface area contributed by atoms with Crippen molar-refractivity contribution < 1.29 is 22.7 Å². The first kappa shape index (κ1) is 18.3. The van der Waals surface area contributed by atoms with Gasteiger partial charge in [0, 0.05) is 31.2 Å². The van der Waals surface area contributed by atoms with Gasteiger partial charge in [0.1, 0.15) is 5.75 Å². The summed E-state index contributed by atoms with van der Waals surface area (Å²) in [7, 11) is -1.44. The number of amides is 2. The highest BCUT2D eigenvalue weighted by Crippen LogP contribution is 2.34. The Bertz CT molecular complexity index is 882. The lowest BCUT2D eigenvalue weighted by Gasteiger charge is -2.32. The minimum absolute atomic E-state index is 0.0198. The number of rotatable bonds is 3. The number of sulfone groups is 1. The molecule has 0 spiro atoms. The molecule has 2 saturated heterocycles. The van der Waals surface area contributed by atoms with E-state index in [9.17, 15) is 18.0 Å². The number of carbonyl (C=O) groups excluding carboxylic acids is 2. The van der Waals surface area contributed by atoms with Crippen molar-refractivity contribution in [3.05, 3.63) is 23.8 Å². The predicted molar refractivity (Wildman–Crippen MR) is 101 cm³/mol. The lowest BCUT2D eigenvalue weighted by Crippen LogP contribution is -2.42. The number of aryl methyl sites for hydroxylation is 1. The highest BCUT2D eigenvalue weighted by Gasteiger charge is 2.43. The number of likely N-dealkylation sites (tertiary alicyclic amines) is 1. The number of benzene rings is 1. The normalized spacial score (nSPS) is 26.9. The van der Waals surface area contributed by atoms with Crippen LogP contribution >= 0.6 is 0 Å². The van der Waals surface area contributed by atoms with Crippen LogP contribution in [-0.2, 0) is 25.8 Å². The highest BCUT2D eigenvalue weighted by molar-refractivity contribution is 7.91. The summed E-state index contributed by atoms with van der Waals surface area (Å²) in [4.78, 5) is 29.0. The minimum atomic E-state index is -3.06. The maximum atomic E-state index is 13.1. The van der Waals surface area contributed by atoms with Crippen molar-refractivity contribution in [2.45, 2.75) is 31.7 Å². The third kappa shape index (κ3) is 3.42. The molecule has 8 heteroatoms. The molecule has 3 aliphatic heterocycles. The summed E-state index contributed by atoms with van der Waals surface area (Å²) in [6.45, 7) is 0.959. The van der Waals surface area contributed by atoms with Gasteiger partial charge in [0.2, 0.25) is 11.8 Å². The van der Waals surface area contributed by atoms with E-state index < -0.39 is 15.8 Å². The highest BCUT2D eigenvalue weighted by atomic mass is 32.2. The molecule has 1 aromatic rings. The SMILES string of the molecule is COc1ccc2c(c1)CCCN2C(=O)[C@@H]1CC(=O)N([C@@H]2CCS(=O)(=O)C2)C1. The van der Waals surface area contributed by atoms with Crippen LogP contribution in [-0.4, -0.2) is 62.9 Å². The van der Waals surface area contributed by atoms with Crippen LogP contribution in [0.25, 0.3) is 0 Å². The molecular formula is C19H24N2O5S. The van der Waals surface area contributed by atoms with Gasteiger partial charge in [-0.3, -0.25) is 9.59 Å². The van der Waals surface area contributed by atoms with Crippen LogP contribution in [0.2, 0.25) is 0 Å². The molecule has 0 aromatic heterocycles. The maximum Gasteiger partial charge on any atom is 0.232 e. The number of hydrogen-bond acceptors (Lipinski definition) is 5. The summed E-state index contributed by atoms with van der Waals surface area (Å²) in [5.41, 5.74) is 1.97. The first-order valence-corrected chi connectivity index (χ1v) is 11.2. The van der Waals surface area contributed by atoms with Gasteiger partial charge in [-0.1, -0.05) is 0 Å². The molecule has 0 bridgehead atoms. The Morgan fingerprint density at radius 1 is 1.30 bits per heavy atom. The Hall–Kier alpha value is -2.09. The molecule has 0 unspecified atom stereocenters. The van der Waals surface area contributed by atoms with Crippen LogP contribution in [0.5, 0.6) is 5.75 Å². The summed E-state index contributed by atoms with van der Waals surface area (Å²) in [6.07, 6.45) is 2.40. The lowest BCUT2D eigenvalue weighted by atomic mass is 9.98. The predicted octanol–water partition coefficient (Wildman–Crippen LogP) is 1.01. The van der Waals surface area contributed by atoms with Gasteiger partial charge >= 0.3 is 0 Å². The number of ether oxygens (including phenoxy) is 1. The quantitative estimate of drug-likeness (QED) is 0.767. The average molecular weight is 392 g/mol. The van der Waals surface area contributed by atoms with Gasteiger partial charge in [0.25, 0.3) is 0 Å². The third-order valence-corrected chi connectivity index (χ3v) is 7.58. The third-order valence-electron chi connectivity index (χ3n) is 5.83. The van der Waals surface area contributed by atoms with Crippen LogP contribution < -0.4 is 9.64 Å². The molecule has 0 radical (unpaired) electrons. The number of fused-ring (bicyclic) bond motifs is 1. The Morgan fingerprint density at radius 3 is 2.81 bits per heavy atom. The molecule has 2 fully saturated rings. The maximum absolute atomic E-state index is 13.1. The molecule has 2 atom stereocenters. The zero-order chi connectivity index (χ0) is 19.2. The average Bonchev–Trinajstić information content (AvgIpc) is 3.22. The van der Waals surface area contributed by atoms with Crippen molar-refractivity contribution >= 4 is 27.3 Å². The van der Waals surface area contributed by atoms with Crippen molar-refractivity contribution in [2.24, 2.45) is 5.92 Å². The minimum Gasteiger partial charge on any atom is -0.497 e. The van der Waals surface area contributed by atoms with E-state index in [0.29, 0.717) is 19.5 Å². The van der Waals surface area contributed by atoms with Crippen molar-refractivity contribution in [2.75, 3.05) is 36.6 Å². The molecule has 7 nitrogen and oxygen atoms in total. The number of anilines is 1. The van der Waals surface area contributed by atoms with Crippen LogP contribution in [0.15, 0.2) is 18.2 Å². The van der Waals surface area contributed by atoms with E-state index in [1.807, 2.05) is 18.2 Å². The summed E-state index contributed by atoms with van der Waals surface area (Å²) < 4.78 is 28.7. The van der Waals surface area contributed by atoms with E-state index in [-0.39, 0.29) is 35.8 Å². The summed E-state index contributed by atoms with van der Waals surface area (Å²) in [5.74, 6) is 0.356. The van der Waals surface area contributed by atoms with Gasteiger partial charge in [-0.15, -0.1) is 0 Å². The van der Waals surface area contributed by atoms with Gasteiger partial charge in [-0.25, -0.2) is 8.42 Å². The molecule has 0 aliphatic carbocycles.